The van der Waals surface area contributed by atoms with Crippen molar-refractivity contribution in [1.29, 1.82) is 0 Å². The van der Waals surface area contributed by atoms with Crippen molar-refractivity contribution in [3.05, 3.63) is 65.7 Å². The molecule has 3 nitrogen and oxygen atoms in total. The Labute approximate surface area is 158 Å². The monoisotopic (exact) mass is 353 g/mol. The Morgan fingerprint density at radius 3 is 2.23 bits per heavy atom. The number of carbonyl (C=O) groups is 1. The molecule has 1 amide bonds. The third kappa shape index (κ3) is 5.62. The number of rotatable bonds is 9. The predicted octanol–water partition coefficient (Wildman–Crippen LogP) is 5.26. The van der Waals surface area contributed by atoms with Crippen molar-refractivity contribution in [2.75, 3.05) is 13.7 Å². The first-order valence-electron chi connectivity index (χ1n) is 9.50. The summed E-state index contributed by atoms with van der Waals surface area (Å²) < 4.78 is 5.27. The summed E-state index contributed by atoms with van der Waals surface area (Å²) in [7, 11) is 1.69. The number of ether oxygens (including phenoxy) is 1. The van der Waals surface area contributed by atoms with Crippen molar-refractivity contribution in [3.63, 3.8) is 0 Å². The van der Waals surface area contributed by atoms with Gasteiger partial charge in [0.15, 0.2) is 0 Å². The van der Waals surface area contributed by atoms with Gasteiger partial charge in [-0.25, -0.2) is 0 Å². The number of carbonyl (C=O) groups excluding carboxylic acids is 1. The lowest BCUT2D eigenvalue weighted by Gasteiger charge is -2.27. The lowest BCUT2D eigenvalue weighted by Crippen LogP contribution is -2.32. The Kier molecular flexibility index (Phi) is 7.71. The molecule has 0 aliphatic carbocycles. The highest BCUT2D eigenvalue weighted by molar-refractivity contribution is 5.75. The average molecular weight is 354 g/mol. The molecule has 2 aromatic carbocycles. The van der Waals surface area contributed by atoms with Crippen LogP contribution in [-0.4, -0.2) is 24.5 Å². The van der Waals surface area contributed by atoms with E-state index in [9.17, 15) is 4.79 Å². The van der Waals surface area contributed by atoms with Gasteiger partial charge in [-0.3, -0.25) is 4.79 Å². The molecule has 0 aromatic heterocycles. The minimum absolute atomic E-state index is 0.214. The summed E-state index contributed by atoms with van der Waals surface area (Å²) >= 11 is 0. The van der Waals surface area contributed by atoms with Crippen LogP contribution in [0.4, 0.5) is 0 Å². The summed E-state index contributed by atoms with van der Waals surface area (Å²) in [4.78, 5) is 14.4. The minimum Gasteiger partial charge on any atom is -0.497 e. The number of amides is 1. The van der Waals surface area contributed by atoms with E-state index < -0.39 is 0 Å². The zero-order valence-corrected chi connectivity index (χ0v) is 16.4. The van der Waals surface area contributed by atoms with Gasteiger partial charge in [0.2, 0.25) is 5.91 Å². The van der Waals surface area contributed by atoms with Crippen LogP contribution in [0.25, 0.3) is 0 Å². The van der Waals surface area contributed by atoms with Gasteiger partial charge >= 0.3 is 0 Å². The van der Waals surface area contributed by atoms with Gasteiger partial charge in [0.25, 0.3) is 0 Å². The summed E-state index contributed by atoms with van der Waals surface area (Å²) in [6, 6.07) is 18.6. The lowest BCUT2D eigenvalue weighted by atomic mass is 9.85. The largest absolute Gasteiger partial charge is 0.497 e. The highest BCUT2D eigenvalue weighted by Gasteiger charge is 2.19. The molecule has 0 aliphatic rings. The molecule has 0 heterocycles. The second kappa shape index (κ2) is 10.0. The van der Waals surface area contributed by atoms with Crippen molar-refractivity contribution in [3.8, 4) is 5.75 Å². The molecule has 0 N–H and O–H groups in total. The fraction of sp³-hybridized carbons (Fsp3) is 0.435. The van der Waals surface area contributed by atoms with Gasteiger partial charge in [-0.15, -0.1) is 0 Å². The summed E-state index contributed by atoms with van der Waals surface area (Å²) in [5.41, 5.74) is 2.49. The first-order valence-corrected chi connectivity index (χ1v) is 9.50. The number of hydrogen-bond donors (Lipinski definition) is 0. The van der Waals surface area contributed by atoms with E-state index >= 15 is 0 Å². The third-order valence-corrected chi connectivity index (χ3v) is 4.93. The molecule has 2 rings (SSSR count). The molecule has 0 saturated heterocycles. The molecule has 0 spiro atoms. The third-order valence-electron chi connectivity index (χ3n) is 4.93. The van der Waals surface area contributed by atoms with Crippen LogP contribution in [-0.2, 0) is 11.3 Å². The molecule has 2 aromatic rings. The summed E-state index contributed by atoms with van der Waals surface area (Å²) in [6.45, 7) is 7.89. The fourth-order valence-corrected chi connectivity index (χ4v) is 3.35. The minimum atomic E-state index is 0.214. The van der Waals surface area contributed by atoms with Gasteiger partial charge in [0.05, 0.1) is 7.11 Å². The molecule has 0 radical (unpaired) electrons. The molecule has 3 heteroatoms. The standard InChI is InChI=1S/C23H31NO2/c1-5-23(25)24(17-19-9-7-6-8-10-19)16-15-22(18(2)3)20-11-13-21(26-4)14-12-20/h6-14,18,22H,5,15-17H2,1-4H3/t22-/m1/s1. The van der Waals surface area contributed by atoms with Crippen LogP contribution in [0.1, 0.15) is 50.7 Å². The van der Waals surface area contributed by atoms with Crippen LogP contribution in [0.5, 0.6) is 5.75 Å². The normalized spacial score (nSPS) is 12.0. The van der Waals surface area contributed by atoms with Crippen molar-refractivity contribution in [1.82, 2.24) is 4.90 Å². The van der Waals surface area contributed by atoms with Crippen LogP contribution in [0.2, 0.25) is 0 Å². The smallest absolute Gasteiger partial charge is 0.222 e. The molecule has 0 fully saturated rings. The van der Waals surface area contributed by atoms with Gasteiger partial charge in [-0.2, -0.15) is 0 Å². The number of methoxy groups -OCH3 is 1. The van der Waals surface area contributed by atoms with E-state index in [-0.39, 0.29) is 5.91 Å². The van der Waals surface area contributed by atoms with Gasteiger partial charge < -0.3 is 9.64 Å². The van der Waals surface area contributed by atoms with E-state index in [1.54, 1.807) is 7.11 Å². The van der Waals surface area contributed by atoms with E-state index in [2.05, 4.69) is 38.1 Å². The van der Waals surface area contributed by atoms with E-state index in [1.807, 2.05) is 42.2 Å². The topological polar surface area (TPSA) is 29.5 Å². The molecule has 0 saturated carbocycles. The maximum Gasteiger partial charge on any atom is 0.222 e. The van der Waals surface area contributed by atoms with Crippen LogP contribution >= 0.6 is 0 Å². The van der Waals surface area contributed by atoms with E-state index in [4.69, 9.17) is 4.74 Å². The second-order valence-electron chi connectivity index (χ2n) is 7.07. The summed E-state index contributed by atoms with van der Waals surface area (Å²) in [5, 5.41) is 0. The van der Waals surface area contributed by atoms with Crippen molar-refractivity contribution in [2.45, 2.75) is 46.1 Å². The number of benzene rings is 2. The molecule has 0 aliphatic heterocycles. The first kappa shape index (κ1) is 20.0. The maximum absolute atomic E-state index is 12.4. The number of hydrogen-bond acceptors (Lipinski definition) is 2. The van der Waals surface area contributed by atoms with Gasteiger partial charge in [-0.05, 0) is 41.5 Å². The Morgan fingerprint density at radius 1 is 1.04 bits per heavy atom. The van der Waals surface area contributed by atoms with Crippen LogP contribution < -0.4 is 4.74 Å². The Morgan fingerprint density at radius 2 is 1.69 bits per heavy atom. The van der Waals surface area contributed by atoms with Crippen LogP contribution in [0, 0.1) is 5.92 Å². The lowest BCUT2D eigenvalue weighted by molar-refractivity contribution is -0.131. The highest BCUT2D eigenvalue weighted by Crippen LogP contribution is 2.29. The fourth-order valence-electron chi connectivity index (χ4n) is 3.35. The molecule has 1 atom stereocenters. The van der Waals surface area contributed by atoms with Crippen molar-refractivity contribution >= 4 is 5.91 Å². The predicted molar refractivity (Wildman–Crippen MR) is 107 cm³/mol. The molecule has 0 bridgehead atoms. The molecule has 140 valence electrons. The maximum atomic E-state index is 12.4. The number of nitrogens with zero attached hydrogens (tertiary/aromatic N) is 1. The van der Waals surface area contributed by atoms with Crippen LogP contribution in [0.3, 0.4) is 0 Å². The van der Waals surface area contributed by atoms with E-state index in [0.717, 1.165) is 18.7 Å². The Bertz CT molecular complexity index is 664. The van der Waals surface area contributed by atoms with Gasteiger partial charge in [0.1, 0.15) is 5.75 Å². The van der Waals surface area contributed by atoms with Crippen LogP contribution in [0.15, 0.2) is 54.6 Å². The first-order chi connectivity index (χ1) is 12.5. The molecular weight excluding hydrogens is 322 g/mol. The van der Waals surface area contributed by atoms with Crippen molar-refractivity contribution in [2.24, 2.45) is 5.92 Å². The molecule has 26 heavy (non-hydrogen) atoms. The Balaban J connectivity index is 2.08. The van der Waals surface area contributed by atoms with E-state index in [0.29, 0.717) is 24.8 Å². The highest BCUT2D eigenvalue weighted by atomic mass is 16.5. The quantitative estimate of drug-likeness (QED) is 0.615. The van der Waals surface area contributed by atoms with Crippen molar-refractivity contribution < 1.29 is 9.53 Å². The molecule has 0 unspecified atom stereocenters. The SMILES string of the molecule is CCC(=O)N(CC[C@@H](c1ccc(OC)cc1)C(C)C)Cc1ccccc1. The average Bonchev–Trinajstić information content (AvgIpc) is 2.67. The second-order valence-corrected chi connectivity index (χ2v) is 7.07. The molecular formula is C23H31NO2. The van der Waals surface area contributed by atoms with Gasteiger partial charge in [-0.1, -0.05) is 63.2 Å². The zero-order valence-electron chi connectivity index (χ0n) is 16.4. The zero-order chi connectivity index (χ0) is 18.9. The van der Waals surface area contributed by atoms with Gasteiger partial charge in [0, 0.05) is 19.5 Å². The summed E-state index contributed by atoms with van der Waals surface area (Å²) in [6.07, 6.45) is 1.50. The Hall–Kier alpha value is -2.29. The van der Waals surface area contributed by atoms with E-state index in [1.165, 1.54) is 11.1 Å². The summed E-state index contributed by atoms with van der Waals surface area (Å²) in [5.74, 6) is 2.02.